The molecule has 0 radical (unpaired) electrons. The van der Waals surface area contributed by atoms with Gasteiger partial charge in [0.1, 0.15) is 11.5 Å². The number of Topliss-reactive ketones (excluding diaryl/α,β-unsaturated/α-hetero) is 4. The lowest BCUT2D eigenvalue weighted by atomic mass is 9.67. The van der Waals surface area contributed by atoms with Crippen molar-refractivity contribution < 1.29 is 33.5 Å². The molecule has 68 heavy (non-hydrogen) atoms. The Bertz CT molecular complexity index is 2860. The van der Waals surface area contributed by atoms with Gasteiger partial charge in [0.2, 0.25) is 11.0 Å². The molecule has 3 aromatic rings. The predicted octanol–water partition coefficient (Wildman–Crippen LogP) is 12.5. The zero-order chi connectivity index (χ0) is 50.4. The molecule has 1 unspecified atom stereocenters. The zero-order valence-corrected chi connectivity index (χ0v) is 43.1. The number of anilines is 2. The first-order chi connectivity index (χ1) is 31.7. The average molecular weight is 933 g/mol. The van der Waals surface area contributed by atoms with Crippen LogP contribution in [-0.4, -0.2) is 47.2 Å². The van der Waals surface area contributed by atoms with E-state index < -0.39 is 21.4 Å². The number of allylic oxidation sites excluding steroid dienone is 10. The molecule has 7 rings (SSSR count). The van der Waals surface area contributed by atoms with E-state index in [9.17, 15) is 28.8 Å². The Balaban J connectivity index is 1.34. The first-order valence-electron chi connectivity index (χ1n) is 23.4. The molecule has 10 heteroatoms. The lowest BCUT2D eigenvalue weighted by molar-refractivity contribution is -0.121. The molecule has 3 aromatic carbocycles. The highest BCUT2D eigenvalue weighted by atomic mass is 32.1. The fourth-order valence-electron chi connectivity index (χ4n) is 11.6. The molecule has 0 fully saturated rings. The molecule has 1 amide bonds. The van der Waals surface area contributed by atoms with Crippen LogP contribution in [-0.2, 0) is 24.6 Å². The largest absolute Gasteiger partial charge is 0.457 e. The molecule has 1 atom stereocenters. The van der Waals surface area contributed by atoms with Gasteiger partial charge in [0.25, 0.3) is 0 Å². The maximum atomic E-state index is 14.6. The Morgan fingerprint density at radius 3 is 1.66 bits per heavy atom. The maximum absolute atomic E-state index is 14.6. The number of nitrogens with zero attached hydrogens (tertiary/aromatic N) is 2. The minimum atomic E-state index is -1.01. The van der Waals surface area contributed by atoms with Crippen molar-refractivity contribution in [1.29, 1.82) is 0 Å². The van der Waals surface area contributed by atoms with Gasteiger partial charge in [-0.2, -0.15) is 0 Å². The molecule has 1 aliphatic heterocycles. The second-order valence-electron chi connectivity index (χ2n) is 20.5. The molecule has 1 spiro atoms. The number of benzene rings is 3. The summed E-state index contributed by atoms with van der Waals surface area (Å²) in [4.78, 5) is 85.5. The summed E-state index contributed by atoms with van der Waals surface area (Å²) >= 11 is 4.08. The highest BCUT2D eigenvalue weighted by molar-refractivity contribution is 7.97. The normalized spacial score (nSPS) is 18.4. The number of hydrogen-bond acceptors (Lipinski definition) is 8. The Morgan fingerprint density at radius 2 is 1.13 bits per heavy atom. The van der Waals surface area contributed by atoms with Crippen LogP contribution < -0.4 is 14.5 Å². The van der Waals surface area contributed by atoms with Crippen molar-refractivity contribution in [1.82, 2.24) is 0 Å². The number of aryl methyl sites for hydroxylation is 2. The highest BCUT2D eigenvalue weighted by Gasteiger charge is 2.52. The van der Waals surface area contributed by atoms with Crippen LogP contribution in [0.1, 0.15) is 151 Å². The molecule has 354 valence electrons. The van der Waals surface area contributed by atoms with Gasteiger partial charge < -0.3 is 14.5 Å². The summed E-state index contributed by atoms with van der Waals surface area (Å²) in [5, 5.41) is -0.439. The molecule has 0 aromatic heterocycles. The minimum absolute atomic E-state index is 0.0333. The van der Waals surface area contributed by atoms with E-state index in [0.29, 0.717) is 75.7 Å². The second-order valence-corrected chi connectivity index (χ2v) is 20.9. The summed E-state index contributed by atoms with van der Waals surface area (Å²) in [5.41, 5.74) is 10.3. The van der Waals surface area contributed by atoms with E-state index in [1.54, 1.807) is 37.8 Å². The first-order valence-corrected chi connectivity index (χ1v) is 23.9. The third kappa shape index (κ3) is 7.73. The summed E-state index contributed by atoms with van der Waals surface area (Å²) in [6, 6.07) is 13.2. The van der Waals surface area contributed by atoms with E-state index in [1.165, 1.54) is 0 Å². The predicted molar refractivity (Wildman–Crippen MR) is 274 cm³/mol. The summed E-state index contributed by atoms with van der Waals surface area (Å²) in [5.74, 6) is 0.288. The Labute approximate surface area is 407 Å². The van der Waals surface area contributed by atoms with Gasteiger partial charge in [-0.25, -0.2) is 0 Å². The van der Waals surface area contributed by atoms with Crippen LogP contribution in [0.25, 0.3) is 0 Å². The van der Waals surface area contributed by atoms with Crippen LogP contribution in [0.3, 0.4) is 0 Å². The number of amides is 1. The highest BCUT2D eigenvalue weighted by Crippen LogP contribution is 2.60. The van der Waals surface area contributed by atoms with Crippen molar-refractivity contribution in [3.05, 3.63) is 150 Å². The van der Waals surface area contributed by atoms with E-state index >= 15 is 0 Å². The number of carbonyl (C=O) groups is 6. The Kier molecular flexibility index (Phi) is 12.8. The van der Waals surface area contributed by atoms with Gasteiger partial charge in [0.05, 0.1) is 11.1 Å². The summed E-state index contributed by atoms with van der Waals surface area (Å²) < 4.78 is 7.00. The molecule has 4 aliphatic rings. The van der Waals surface area contributed by atoms with Crippen molar-refractivity contribution >= 4 is 58.2 Å². The summed E-state index contributed by atoms with van der Waals surface area (Å²) in [6.07, 6.45) is 0.571. The van der Waals surface area contributed by atoms with Gasteiger partial charge in [0, 0.05) is 111 Å². The molecule has 3 aliphatic carbocycles. The molecular weight excluding hydrogens is 869 g/mol. The smallest absolute Gasteiger partial charge is 0.227 e. The number of fused-ring (bicyclic) bond motifs is 6. The average Bonchev–Trinajstić information content (AvgIpc) is 3.56. The number of thiol groups is 1. The van der Waals surface area contributed by atoms with Gasteiger partial charge in [-0.05, 0) is 133 Å². The van der Waals surface area contributed by atoms with Crippen LogP contribution >= 0.6 is 12.6 Å². The van der Waals surface area contributed by atoms with E-state index in [-0.39, 0.29) is 41.9 Å². The zero-order valence-electron chi connectivity index (χ0n) is 42.2. The lowest BCUT2D eigenvalue weighted by Gasteiger charge is -2.41. The van der Waals surface area contributed by atoms with Gasteiger partial charge in [-0.3, -0.25) is 28.8 Å². The molecule has 0 bridgehead atoms. The van der Waals surface area contributed by atoms with Crippen molar-refractivity contribution in [2.24, 2.45) is 10.8 Å². The van der Waals surface area contributed by atoms with Gasteiger partial charge in [-0.1, -0.05) is 53.0 Å². The molecule has 0 N–H and O–H groups in total. The fourth-order valence-corrected chi connectivity index (χ4v) is 11.7. The van der Waals surface area contributed by atoms with Crippen molar-refractivity contribution in [3.63, 3.8) is 0 Å². The van der Waals surface area contributed by atoms with E-state index in [0.717, 1.165) is 61.5 Å². The van der Waals surface area contributed by atoms with Gasteiger partial charge >= 0.3 is 0 Å². The second kappa shape index (κ2) is 17.4. The Hall–Kier alpha value is -6.13. The lowest BCUT2D eigenvalue weighted by Crippen LogP contribution is -2.38. The summed E-state index contributed by atoms with van der Waals surface area (Å²) in [7, 11) is 0. The summed E-state index contributed by atoms with van der Waals surface area (Å²) in [6.45, 7) is 36.5. The van der Waals surface area contributed by atoms with Crippen molar-refractivity contribution in [3.8, 4) is 11.5 Å². The first kappa shape index (κ1) is 49.8. The van der Waals surface area contributed by atoms with E-state index in [2.05, 4.69) is 57.5 Å². The molecule has 9 nitrogen and oxygen atoms in total. The van der Waals surface area contributed by atoms with Crippen LogP contribution in [0.2, 0.25) is 0 Å². The third-order valence-electron chi connectivity index (χ3n) is 15.2. The molecular formula is C58H64N2O7S. The number of rotatable bonds is 12. The van der Waals surface area contributed by atoms with E-state index in [1.807, 2.05) is 79.7 Å². The van der Waals surface area contributed by atoms with Gasteiger partial charge in [-0.15, -0.1) is 12.6 Å². The van der Waals surface area contributed by atoms with Crippen molar-refractivity contribution in [2.75, 3.05) is 22.9 Å². The van der Waals surface area contributed by atoms with E-state index in [4.69, 9.17) is 4.74 Å². The van der Waals surface area contributed by atoms with Crippen molar-refractivity contribution in [2.45, 2.75) is 122 Å². The molecule has 1 heterocycles. The number of ketones is 4. The van der Waals surface area contributed by atoms with Crippen LogP contribution in [0.5, 0.6) is 11.5 Å². The number of hydrogen-bond donors (Lipinski definition) is 1. The minimum Gasteiger partial charge on any atom is -0.457 e. The molecule has 0 saturated heterocycles. The quantitative estimate of drug-likeness (QED) is 0.141. The van der Waals surface area contributed by atoms with Crippen LogP contribution in [0.4, 0.5) is 11.4 Å². The number of ether oxygens (including phenoxy) is 1. The monoisotopic (exact) mass is 932 g/mol. The fraction of sp³-hybridized carbons (Fsp3) is 0.379. The maximum Gasteiger partial charge on any atom is 0.227 e. The number of carbonyl (C=O) groups excluding carboxylic acids is 6. The SMILES string of the molecule is C=C1C(C)=C(C)C(=O)C(C)=C1C(C)(C)CC(=C)N(CC)c1cc2c(cc1C)C1(CC(=O)c3cc(C(=O)S)ccc31)c1cc(C)c(N(CC)C(=O)CC(C)(C)C3=C(C)C(=O)C(C)=C(C)C3=O)cc1O2. The van der Waals surface area contributed by atoms with Crippen LogP contribution in [0, 0.1) is 24.7 Å². The van der Waals surface area contributed by atoms with Crippen LogP contribution in [0.15, 0.2) is 111 Å². The topological polar surface area (TPSA) is 118 Å². The molecule has 0 saturated carbocycles. The standard InChI is InChI=1S/C58H64N2O7S/c1-17-59(31(5)26-56(13,14)50-33(7)32(6)34(8)52(63)37(50)11)44-24-47-42(21-29(44)3)58(27-46(61)40-23-39(55(66)68)19-20-41(40)58)43-22-30(4)45(25-48(43)67-47)60(18-2)49(62)28-57(15,16)51-38(12)53(64)35(9)36(10)54(51)65/h19-25H,5,7,17-18,26-28H2,1-4,6,8-16H3,(H,66,68). The third-order valence-corrected chi connectivity index (χ3v) is 15.5. The van der Waals surface area contributed by atoms with Gasteiger partial charge in [0.15, 0.2) is 23.1 Å². The Morgan fingerprint density at radius 1 is 0.647 bits per heavy atom.